The molecule has 0 saturated carbocycles. The molecule has 0 radical (unpaired) electrons. The standard InChI is InChI=1S/C27H18O7/c1-15-18(10-16-4-2-3-5-21(16)32-15)12-25-26(28)20-8-7-19(13-23(20)34-25)33-27(29)17-6-9-22-24(11-17)31-14-30-22/h2-13,15H,14H2,1H3/t15-/m0/s1. The number of ether oxygens (including phenoxy) is 5. The van der Waals surface area contributed by atoms with Crippen LogP contribution in [0.2, 0.25) is 0 Å². The summed E-state index contributed by atoms with van der Waals surface area (Å²) in [5.74, 6) is 1.85. The van der Waals surface area contributed by atoms with Gasteiger partial charge in [0.15, 0.2) is 17.3 Å². The molecule has 0 saturated heterocycles. The van der Waals surface area contributed by atoms with Gasteiger partial charge in [0.1, 0.15) is 23.4 Å². The van der Waals surface area contributed by atoms with Crippen LogP contribution < -0.4 is 23.7 Å². The van der Waals surface area contributed by atoms with Crippen LogP contribution >= 0.6 is 0 Å². The number of carbonyl (C=O) groups excluding carboxylic acids is 2. The van der Waals surface area contributed by atoms with E-state index >= 15 is 0 Å². The summed E-state index contributed by atoms with van der Waals surface area (Å²) in [6.07, 6.45) is 3.44. The van der Waals surface area contributed by atoms with Crippen LogP contribution in [0.4, 0.5) is 0 Å². The summed E-state index contributed by atoms with van der Waals surface area (Å²) in [6, 6.07) is 17.2. The molecule has 3 aliphatic rings. The predicted octanol–water partition coefficient (Wildman–Crippen LogP) is 4.96. The molecule has 0 aliphatic carbocycles. The van der Waals surface area contributed by atoms with E-state index in [0.717, 1.165) is 16.9 Å². The lowest BCUT2D eigenvalue weighted by atomic mass is 10.0. The molecule has 168 valence electrons. The molecule has 7 heteroatoms. The Bertz CT molecular complexity index is 1420. The molecule has 0 bridgehead atoms. The molecular weight excluding hydrogens is 436 g/mol. The second kappa shape index (κ2) is 7.81. The van der Waals surface area contributed by atoms with E-state index in [0.29, 0.717) is 28.4 Å². The summed E-state index contributed by atoms with van der Waals surface area (Å²) in [5.41, 5.74) is 2.48. The van der Waals surface area contributed by atoms with Crippen LogP contribution in [0.1, 0.15) is 33.2 Å². The molecule has 3 heterocycles. The van der Waals surface area contributed by atoms with Gasteiger partial charge in [-0.15, -0.1) is 0 Å². The van der Waals surface area contributed by atoms with E-state index in [9.17, 15) is 9.59 Å². The van der Waals surface area contributed by atoms with Crippen LogP contribution in [0.25, 0.3) is 6.08 Å². The molecule has 0 unspecified atom stereocenters. The highest BCUT2D eigenvalue weighted by molar-refractivity contribution is 6.12. The van der Waals surface area contributed by atoms with Crippen molar-refractivity contribution in [3.8, 4) is 28.7 Å². The number of hydrogen-bond donors (Lipinski definition) is 0. The Morgan fingerprint density at radius 2 is 1.82 bits per heavy atom. The highest BCUT2D eigenvalue weighted by Crippen LogP contribution is 2.37. The maximum atomic E-state index is 12.9. The molecule has 3 aromatic rings. The molecule has 0 N–H and O–H groups in total. The van der Waals surface area contributed by atoms with Gasteiger partial charge >= 0.3 is 5.97 Å². The van der Waals surface area contributed by atoms with Gasteiger partial charge in [-0.3, -0.25) is 4.79 Å². The van der Waals surface area contributed by atoms with Crippen molar-refractivity contribution in [1.29, 1.82) is 0 Å². The van der Waals surface area contributed by atoms with Gasteiger partial charge < -0.3 is 23.7 Å². The summed E-state index contributed by atoms with van der Waals surface area (Å²) < 4.78 is 27.8. The molecule has 7 nitrogen and oxygen atoms in total. The van der Waals surface area contributed by atoms with E-state index < -0.39 is 5.97 Å². The van der Waals surface area contributed by atoms with Crippen LogP contribution in [0.5, 0.6) is 28.7 Å². The number of allylic oxidation sites excluding steroid dienone is 1. The molecule has 0 fully saturated rings. The van der Waals surface area contributed by atoms with Crippen molar-refractivity contribution in [2.24, 2.45) is 0 Å². The summed E-state index contributed by atoms with van der Waals surface area (Å²) in [6.45, 7) is 2.04. The highest BCUT2D eigenvalue weighted by Gasteiger charge is 2.30. The second-order valence-corrected chi connectivity index (χ2v) is 8.00. The van der Waals surface area contributed by atoms with E-state index in [1.165, 1.54) is 6.07 Å². The Balaban J connectivity index is 1.22. The van der Waals surface area contributed by atoms with Crippen molar-refractivity contribution in [2.45, 2.75) is 13.0 Å². The van der Waals surface area contributed by atoms with Crippen LogP contribution in [-0.4, -0.2) is 24.6 Å². The van der Waals surface area contributed by atoms with E-state index in [1.807, 2.05) is 37.3 Å². The zero-order valence-electron chi connectivity index (χ0n) is 18.1. The average Bonchev–Trinajstić information content (AvgIpc) is 3.43. The fraction of sp³-hybridized carbons (Fsp3) is 0.111. The van der Waals surface area contributed by atoms with E-state index in [1.54, 1.807) is 36.4 Å². The number of rotatable bonds is 3. The summed E-state index contributed by atoms with van der Waals surface area (Å²) in [4.78, 5) is 25.5. The normalized spacial score (nSPS) is 18.5. The van der Waals surface area contributed by atoms with Crippen molar-refractivity contribution in [3.63, 3.8) is 0 Å². The molecule has 1 atom stereocenters. The average molecular weight is 454 g/mol. The second-order valence-electron chi connectivity index (χ2n) is 8.00. The maximum absolute atomic E-state index is 12.9. The number of para-hydroxylation sites is 1. The summed E-state index contributed by atoms with van der Waals surface area (Å²) in [7, 11) is 0. The molecule has 6 rings (SSSR count). The zero-order valence-corrected chi connectivity index (χ0v) is 18.1. The molecule has 3 aromatic carbocycles. The Kier molecular flexibility index (Phi) is 4.62. The van der Waals surface area contributed by atoms with Gasteiger partial charge in [0.05, 0.1) is 11.1 Å². The first-order chi connectivity index (χ1) is 16.5. The maximum Gasteiger partial charge on any atom is 0.343 e. The van der Waals surface area contributed by atoms with Crippen LogP contribution in [-0.2, 0) is 0 Å². The lowest BCUT2D eigenvalue weighted by Gasteiger charge is -2.22. The quantitative estimate of drug-likeness (QED) is 0.314. The third kappa shape index (κ3) is 3.47. The van der Waals surface area contributed by atoms with Gasteiger partial charge in [-0.05, 0) is 61.0 Å². The predicted molar refractivity (Wildman–Crippen MR) is 122 cm³/mol. The first-order valence-electron chi connectivity index (χ1n) is 10.7. The fourth-order valence-corrected chi connectivity index (χ4v) is 3.99. The van der Waals surface area contributed by atoms with Crippen LogP contribution in [0.3, 0.4) is 0 Å². The zero-order chi connectivity index (χ0) is 23.2. The first kappa shape index (κ1) is 20.1. The topological polar surface area (TPSA) is 80.3 Å². The largest absolute Gasteiger partial charge is 0.485 e. The van der Waals surface area contributed by atoms with Gasteiger partial charge in [0.2, 0.25) is 12.6 Å². The van der Waals surface area contributed by atoms with E-state index in [2.05, 4.69) is 0 Å². The lowest BCUT2D eigenvalue weighted by molar-refractivity contribution is 0.0734. The van der Waals surface area contributed by atoms with Gasteiger partial charge in [-0.25, -0.2) is 4.79 Å². The number of ketones is 1. The Labute approximate surface area is 194 Å². The SMILES string of the molecule is C[C@@H]1Oc2ccccc2C=C1C=C1Oc2cc(OC(=O)c3ccc4c(c3)OCO4)ccc2C1=O. The van der Waals surface area contributed by atoms with Crippen molar-refractivity contribution in [2.75, 3.05) is 6.79 Å². The van der Waals surface area contributed by atoms with E-state index in [4.69, 9.17) is 23.7 Å². The Morgan fingerprint density at radius 1 is 0.971 bits per heavy atom. The smallest absolute Gasteiger partial charge is 0.343 e. The van der Waals surface area contributed by atoms with Crippen LogP contribution in [0, 0.1) is 0 Å². The Hall–Kier alpha value is -4.52. The minimum absolute atomic E-state index is 0.119. The molecule has 0 spiro atoms. The molecular formula is C27H18O7. The number of carbonyl (C=O) groups is 2. The first-order valence-corrected chi connectivity index (χ1v) is 10.7. The van der Waals surface area contributed by atoms with Crippen LogP contribution in [0.15, 0.2) is 78.1 Å². The summed E-state index contributed by atoms with van der Waals surface area (Å²) in [5, 5.41) is 0. The highest BCUT2D eigenvalue weighted by atomic mass is 16.7. The molecule has 0 aromatic heterocycles. The van der Waals surface area contributed by atoms with Gasteiger partial charge in [-0.1, -0.05) is 18.2 Å². The number of Topliss-reactive ketones (excluding diaryl/α,β-unsaturated/α-hetero) is 1. The molecule has 34 heavy (non-hydrogen) atoms. The third-order valence-corrected chi connectivity index (χ3v) is 5.77. The lowest BCUT2D eigenvalue weighted by Crippen LogP contribution is -2.18. The van der Waals surface area contributed by atoms with Gasteiger partial charge in [0.25, 0.3) is 0 Å². The van der Waals surface area contributed by atoms with Crippen molar-refractivity contribution in [1.82, 2.24) is 0 Å². The monoisotopic (exact) mass is 454 g/mol. The minimum atomic E-state index is -0.560. The minimum Gasteiger partial charge on any atom is -0.485 e. The number of hydrogen-bond acceptors (Lipinski definition) is 7. The molecule has 0 amide bonds. The van der Waals surface area contributed by atoms with Gasteiger partial charge in [-0.2, -0.15) is 0 Å². The molecule has 3 aliphatic heterocycles. The van der Waals surface area contributed by atoms with Crippen molar-refractivity contribution >= 4 is 17.8 Å². The number of benzene rings is 3. The van der Waals surface area contributed by atoms with Crippen molar-refractivity contribution < 1.29 is 33.3 Å². The van der Waals surface area contributed by atoms with Crippen molar-refractivity contribution in [3.05, 3.63) is 94.8 Å². The third-order valence-electron chi connectivity index (χ3n) is 5.77. The van der Waals surface area contributed by atoms with E-state index in [-0.39, 0.29) is 30.2 Å². The number of esters is 1. The van der Waals surface area contributed by atoms with Gasteiger partial charge in [0, 0.05) is 11.6 Å². The summed E-state index contributed by atoms with van der Waals surface area (Å²) >= 11 is 0. The Morgan fingerprint density at radius 3 is 2.74 bits per heavy atom. The fourth-order valence-electron chi connectivity index (χ4n) is 3.99. The number of fused-ring (bicyclic) bond motifs is 3.